The molecule has 37 heavy (non-hydrogen) atoms. The number of aromatic nitrogens is 4. The molecule has 5 aromatic rings. The molecule has 186 valence electrons. The Balaban J connectivity index is 1.35. The van der Waals surface area contributed by atoms with Gasteiger partial charge in [-0.3, -0.25) is 0 Å². The molecule has 0 radical (unpaired) electrons. The van der Waals surface area contributed by atoms with Gasteiger partial charge in [0.2, 0.25) is 0 Å². The second-order valence-corrected chi connectivity index (χ2v) is 11.4. The number of aliphatic hydroxyl groups is 1. The largest absolute Gasteiger partial charge is 0.389 e. The number of pyridine rings is 1. The Hall–Kier alpha value is -3.61. The van der Waals surface area contributed by atoms with Crippen LogP contribution in [0.3, 0.4) is 0 Å². The van der Waals surface area contributed by atoms with E-state index >= 15 is 0 Å². The fourth-order valence-corrected chi connectivity index (χ4v) is 5.81. The van der Waals surface area contributed by atoms with Gasteiger partial charge in [0, 0.05) is 40.2 Å². The van der Waals surface area contributed by atoms with E-state index in [2.05, 4.69) is 67.4 Å². The highest BCUT2D eigenvalue weighted by molar-refractivity contribution is 5.90. The summed E-state index contributed by atoms with van der Waals surface area (Å²) in [5, 5.41) is 16.6. The molecule has 2 saturated carbocycles. The van der Waals surface area contributed by atoms with Gasteiger partial charge in [0.25, 0.3) is 0 Å². The number of hydrogen-bond acceptors (Lipinski definition) is 5. The Kier molecular flexibility index (Phi) is 4.85. The fraction of sp³-hybridized carbons (Fsp3) is 0.323. The third-order valence-corrected chi connectivity index (χ3v) is 8.41. The van der Waals surface area contributed by atoms with Crippen LogP contribution in [0.4, 0.5) is 0 Å². The molecule has 0 atom stereocenters. The minimum absolute atomic E-state index is 0.188. The summed E-state index contributed by atoms with van der Waals surface area (Å²) in [6, 6.07) is 23.0. The van der Waals surface area contributed by atoms with Crippen LogP contribution >= 0.6 is 0 Å². The highest BCUT2D eigenvalue weighted by Gasteiger charge is 2.53. The molecule has 2 aliphatic carbocycles. The Morgan fingerprint density at radius 1 is 0.973 bits per heavy atom. The Bertz CT molecular complexity index is 1630. The zero-order valence-electron chi connectivity index (χ0n) is 21.2. The predicted molar refractivity (Wildman–Crippen MR) is 146 cm³/mol. The molecule has 0 unspecified atom stereocenters. The van der Waals surface area contributed by atoms with Gasteiger partial charge in [-0.25, -0.2) is 9.97 Å². The number of nitrogens with zero attached hydrogens (tertiary/aromatic N) is 4. The summed E-state index contributed by atoms with van der Waals surface area (Å²) in [5.74, 6) is 0.739. The van der Waals surface area contributed by atoms with Crippen molar-refractivity contribution < 1.29 is 5.11 Å². The van der Waals surface area contributed by atoms with E-state index in [0.29, 0.717) is 18.8 Å². The normalized spacial score (nSPS) is 23.6. The first-order valence-electron chi connectivity index (χ1n) is 13.2. The number of nitrogens with two attached hydrogens (primary N) is 1. The molecule has 0 aliphatic heterocycles. The van der Waals surface area contributed by atoms with E-state index in [4.69, 9.17) is 15.8 Å². The van der Waals surface area contributed by atoms with Gasteiger partial charge in [-0.2, -0.15) is 9.61 Å². The molecular formula is C31H31N5O. The lowest BCUT2D eigenvalue weighted by Crippen LogP contribution is -2.62. The number of hydrogen-bond donors (Lipinski definition) is 2. The topological polar surface area (TPSA) is 89.3 Å². The lowest BCUT2D eigenvalue weighted by molar-refractivity contribution is -0.122. The standard InChI is InChI=1S/C31H31N5O/c1-19(2)31(37)17-30(32,18-31)24-12-10-22(11-13-24)28-25(20-6-4-3-5-7-20)14-23-16-33-27-15-26(21-8-9-21)35-36(27)29(23)34-28/h3-7,10-16,19,21,37H,8-9,17-18,32H2,1-2H3/t30-,31-. The molecule has 3 aromatic heterocycles. The van der Waals surface area contributed by atoms with E-state index in [1.54, 1.807) is 0 Å². The number of rotatable bonds is 5. The molecule has 0 saturated heterocycles. The van der Waals surface area contributed by atoms with Gasteiger partial charge in [0.15, 0.2) is 11.3 Å². The summed E-state index contributed by atoms with van der Waals surface area (Å²) in [4.78, 5) is 9.89. The van der Waals surface area contributed by atoms with E-state index < -0.39 is 11.1 Å². The van der Waals surface area contributed by atoms with E-state index in [-0.39, 0.29) is 5.92 Å². The van der Waals surface area contributed by atoms with E-state index in [1.165, 1.54) is 12.8 Å². The lowest BCUT2D eigenvalue weighted by atomic mass is 9.58. The predicted octanol–water partition coefficient (Wildman–Crippen LogP) is 5.82. The zero-order valence-corrected chi connectivity index (χ0v) is 21.2. The first kappa shape index (κ1) is 22.6. The fourth-order valence-electron chi connectivity index (χ4n) is 5.81. The van der Waals surface area contributed by atoms with Crippen molar-refractivity contribution in [1.29, 1.82) is 0 Å². The van der Waals surface area contributed by atoms with Gasteiger partial charge in [-0.1, -0.05) is 68.4 Å². The maximum Gasteiger partial charge on any atom is 0.165 e. The van der Waals surface area contributed by atoms with Gasteiger partial charge >= 0.3 is 0 Å². The highest BCUT2D eigenvalue weighted by Crippen LogP contribution is 2.50. The van der Waals surface area contributed by atoms with Crippen LogP contribution in [0, 0.1) is 5.92 Å². The van der Waals surface area contributed by atoms with E-state index in [0.717, 1.165) is 50.3 Å². The summed E-state index contributed by atoms with van der Waals surface area (Å²) in [6.45, 7) is 4.11. The second-order valence-electron chi connectivity index (χ2n) is 11.4. The van der Waals surface area contributed by atoms with E-state index in [1.807, 2.05) is 28.9 Å². The van der Waals surface area contributed by atoms with Crippen LogP contribution in [-0.2, 0) is 5.54 Å². The maximum absolute atomic E-state index is 10.8. The number of fused-ring (bicyclic) bond motifs is 3. The molecule has 2 aromatic carbocycles. The molecule has 7 rings (SSSR count). The summed E-state index contributed by atoms with van der Waals surface area (Å²) in [5.41, 5.74) is 13.4. The minimum Gasteiger partial charge on any atom is -0.389 e. The molecule has 6 heteroatoms. The second kappa shape index (κ2) is 7.94. The van der Waals surface area contributed by atoms with Crippen molar-refractivity contribution in [2.75, 3.05) is 0 Å². The molecule has 3 heterocycles. The van der Waals surface area contributed by atoms with Crippen LogP contribution in [0.15, 0.2) is 72.9 Å². The van der Waals surface area contributed by atoms with Crippen LogP contribution in [0.5, 0.6) is 0 Å². The molecule has 6 nitrogen and oxygen atoms in total. The summed E-state index contributed by atoms with van der Waals surface area (Å²) < 4.78 is 1.89. The number of benzene rings is 2. The lowest BCUT2D eigenvalue weighted by Gasteiger charge is -2.53. The zero-order chi connectivity index (χ0) is 25.4. The van der Waals surface area contributed by atoms with Crippen molar-refractivity contribution in [2.45, 2.75) is 56.6 Å². The van der Waals surface area contributed by atoms with Crippen LogP contribution in [0.1, 0.15) is 56.7 Å². The quantitative estimate of drug-likeness (QED) is 0.325. The smallest absolute Gasteiger partial charge is 0.165 e. The van der Waals surface area contributed by atoms with Crippen LogP contribution in [0.25, 0.3) is 39.1 Å². The Morgan fingerprint density at radius 3 is 2.38 bits per heavy atom. The Morgan fingerprint density at radius 2 is 1.70 bits per heavy atom. The van der Waals surface area contributed by atoms with Crippen molar-refractivity contribution >= 4 is 16.7 Å². The van der Waals surface area contributed by atoms with Gasteiger partial charge in [-0.15, -0.1) is 0 Å². The van der Waals surface area contributed by atoms with Crippen molar-refractivity contribution in [3.63, 3.8) is 0 Å². The molecule has 2 aliphatic rings. The van der Waals surface area contributed by atoms with Gasteiger partial charge in [-0.05, 0) is 48.8 Å². The highest BCUT2D eigenvalue weighted by atomic mass is 16.3. The van der Waals surface area contributed by atoms with Crippen molar-refractivity contribution in [3.8, 4) is 22.4 Å². The van der Waals surface area contributed by atoms with Gasteiger partial charge < -0.3 is 10.8 Å². The molecular weight excluding hydrogens is 458 g/mol. The average Bonchev–Trinajstić information content (AvgIpc) is 3.65. The summed E-state index contributed by atoms with van der Waals surface area (Å²) in [7, 11) is 0. The first-order chi connectivity index (χ1) is 17.8. The summed E-state index contributed by atoms with van der Waals surface area (Å²) in [6.07, 6.45) is 5.45. The van der Waals surface area contributed by atoms with Crippen molar-refractivity contribution in [3.05, 3.63) is 84.2 Å². The molecule has 2 fully saturated rings. The van der Waals surface area contributed by atoms with Crippen LogP contribution in [-0.4, -0.2) is 30.3 Å². The third-order valence-electron chi connectivity index (χ3n) is 8.41. The third kappa shape index (κ3) is 3.66. The average molecular weight is 490 g/mol. The Labute approximate surface area is 216 Å². The van der Waals surface area contributed by atoms with Gasteiger partial charge in [0.05, 0.1) is 17.0 Å². The minimum atomic E-state index is -0.684. The monoisotopic (exact) mass is 489 g/mol. The van der Waals surface area contributed by atoms with Gasteiger partial charge in [0.1, 0.15) is 0 Å². The molecule has 0 amide bonds. The molecule has 0 bridgehead atoms. The SMILES string of the molecule is CC(C)[C@]1(O)C[C@@](N)(c2ccc(-c3nc4c(cnc5cc(C6CC6)nn54)cc3-c3ccccc3)cc2)C1. The maximum atomic E-state index is 10.8. The molecule has 0 spiro atoms. The van der Waals surface area contributed by atoms with Crippen molar-refractivity contribution in [2.24, 2.45) is 11.7 Å². The first-order valence-corrected chi connectivity index (χ1v) is 13.2. The summed E-state index contributed by atoms with van der Waals surface area (Å²) >= 11 is 0. The van der Waals surface area contributed by atoms with Crippen LogP contribution in [0.2, 0.25) is 0 Å². The van der Waals surface area contributed by atoms with Crippen molar-refractivity contribution in [1.82, 2.24) is 19.6 Å². The van der Waals surface area contributed by atoms with E-state index in [9.17, 15) is 5.11 Å². The molecule has 3 N–H and O–H groups in total. The van der Waals surface area contributed by atoms with Crippen LogP contribution < -0.4 is 5.73 Å².